The summed E-state index contributed by atoms with van der Waals surface area (Å²) in [6, 6.07) is 8.01. The van der Waals surface area contributed by atoms with Crippen LogP contribution in [0.5, 0.6) is 0 Å². The molecule has 0 spiro atoms. The molecular weight excluding hydrogens is 697 g/mol. The predicted octanol–water partition coefficient (Wildman–Crippen LogP) is 5.26. The number of nitrogens with zero attached hydrogens (tertiary/aromatic N) is 13. The first-order valence-electron chi connectivity index (χ1n) is 19.4. The summed E-state index contributed by atoms with van der Waals surface area (Å²) in [7, 11) is 1.74. The van der Waals surface area contributed by atoms with Gasteiger partial charge in [-0.15, -0.1) is 20.4 Å². The van der Waals surface area contributed by atoms with Crippen molar-refractivity contribution in [3.63, 3.8) is 0 Å². The molecule has 16 nitrogen and oxygen atoms in total. The second-order valence-corrected chi connectivity index (χ2v) is 14.8. The molecule has 2 aliphatic heterocycles. The fourth-order valence-electron chi connectivity index (χ4n) is 8.84. The Balaban J connectivity index is 0.000000144. The number of aromatic nitrogens is 12. The van der Waals surface area contributed by atoms with Crippen LogP contribution in [-0.4, -0.2) is 71.1 Å². The molecule has 55 heavy (non-hydrogen) atoms. The average molecular weight is 741 g/mol. The van der Waals surface area contributed by atoms with Crippen LogP contribution in [0.2, 0.25) is 0 Å². The molecule has 0 saturated heterocycles. The average Bonchev–Trinajstić information content (AvgIpc) is 4.06. The summed E-state index contributed by atoms with van der Waals surface area (Å²) in [5, 5.41) is 17.1. The van der Waals surface area contributed by atoms with Crippen molar-refractivity contribution >= 4 is 11.6 Å². The van der Waals surface area contributed by atoms with Gasteiger partial charge in [-0.2, -0.15) is 0 Å². The quantitative estimate of drug-likeness (QED) is 0.235. The van der Waals surface area contributed by atoms with Gasteiger partial charge in [0.15, 0.2) is 34.9 Å². The summed E-state index contributed by atoms with van der Waals surface area (Å²) in [6.07, 6.45) is 22.0. The Morgan fingerprint density at radius 1 is 0.709 bits per heavy atom. The highest BCUT2D eigenvalue weighted by molar-refractivity contribution is 5.68. The molecule has 0 aromatic carbocycles. The molecule has 4 aliphatic rings. The fourth-order valence-corrected chi connectivity index (χ4v) is 8.84. The van der Waals surface area contributed by atoms with Crippen molar-refractivity contribution in [1.82, 2.24) is 59.0 Å². The number of nitrogens with one attached hydrogen (secondary N) is 1. The minimum absolute atomic E-state index is 0.0704. The van der Waals surface area contributed by atoms with Crippen LogP contribution in [0, 0.1) is 0 Å². The zero-order chi connectivity index (χ0) is 37.6. The lowest BCUT2D eigenvalue weighted by Crippen LogP contribution is -2.42. The van der Waals surface area contributed by atoms with E-state index in [0.29, 0.717) is 23.7 Å². The Labute approximate surface area is 317 Å². The van der Waals surface area contributed by atoms with Crippen molar-refractivity contribution in [2.24, 2.45) is 7.05 Å². The van der Waals surface area contributed by atoms with Gasteiger partial charge in [0.1, 0.15) is 24.0 Å². The third-order valence-electron chi connectivity index (χ3n) is 11.5. The Bertz CT molecular complexity index is 2450. The summed E-state index contributed by atoms with van der Waals surface area (Å²) >= 11 is 0. The van der Waals surface area contributed by atoms with Crippen LogP contribution in [-0.2, 0) is 7.05 Å². The van der Waals surface area contributed by atoms with Gasteiger partial charge in [0.2, 0.25) is 5.56 Å². The van der Waals surface area contributed by atoms with Gasteiger partial charge < -0.3 is 19.4 Å². The van der Waals surface area contributed by atoms with Gasteiger partial charge in [0.25, 0.3) is 5.56 Å². The van der Waals surface area contributed by atoms with E-state index in [1.165, 1.54) is 31.7 Å². The van der Waals surface area contributed by atoms with Gasteiger partial charge in [0, 0.05) is 54.8 Å². The summed E-state index contributed by atoms with van der Waals surface area (Å²) < 4.78 is 5.54. The molecule has 0 radical (unpaired) electrons. The van der Waals surface area contributed by atoms with E-state index in [4.69, 9.17) is 9.97 Å². The minimum atomic E-state index is -0.158. The fraction of sp³-hybridized carbons (Fsp3) is 0.436. The summed E-state index contributed by atoms with van der Waals surface area (Å²) in [5.74, 6) is 4.86. The van der Waals surface area contributed by atoms with E-state index in [-0.39, 0.29) is 23.2 Å². The lowest BCUT2D eigenvalue weighted by atomic mass is 10.0. The van der Waals surface area contributed by atoms with Crippen molar-refractivity contribution in [2.45, 2.75) is 102 Å². The number of pyridine rings is 2. The van der Waals surface area contributed by atoms with Crippen molar-refractivity contribution in [1.29, 1.82) is 0 Å². The highest BCUT2D eigenvalue weighted by Gasteiger charge is 2.40. The Hall–Kier alpha value is -6.06. The Morgan fingerprint density at radius 2 is 1.22 bits per heavy atom. The molecular formula is C39H44N14O2. The van der Waals surface area contributed by atoms with Crippen LogP contribution < -0.4 is 20.9 Å². The smallest absolute Gasteiger partial charge is 0.250 e. The molecule has 10 rings (SSSR count). The van der Waals surface area contributed by atoms with E-state index in [2.05, 4.69) is 59.0 Å². The van der Waals surface area contributed by atoms with Crippen LogP contribution in [0.1, 0.15) is 102 Å². The molecule has 0 unspecified atom stereocenters. The predicted molar refractivity (Wildman–Crippen MR) is 206 cm³/mol. The van der Waals surface area contributed by atoms with E-state index in [1.54, 1.807) is 42.7 Å². The summed E-state index contributed by atoms with van der Waals surface area (Å²) in [6.45, 7) is 4.36. The molecule has 16 heteroatoms. The topological polar surface area (TPSA) is 174 Å². The van der Waals surface area contributed by atoms with E-state index in [9.17, 15) is 9.59 Å². The lowest BCUT2D eigenvalue weighted by molar-refractivity contribution is 0.469. The highest BCUT2D eigenvalue weighted by Crippen LogP contribution is 2.44. The number of hydrogen-bond donors (Lipinski definition) is 1. The normalized spacial score (nSPS) is 19.0. The number of aromatic amines is 1. The van der Waals surface area contributed by atoms with Crippen LogP contribution in [0.25, 0.3) is 34.2 Å². The molecule has 8 heterocycles. The van der Waals surface area contributed by atoms with Gasteiger partial charge in [0.05, 0.1) is 24.5 Å². The lowest BCUT2D eigenvalue weighted by Gasteiger charge is -2.40. The van der Waals surface area contributed by atoms with Gasteiger partial charge >= 0.3 is 0 Å². The largest absolute Gasteiger partial charge is 0.342 e. The van der Waals surface area contributed by atoms with Crippen LogP contribution in [0.15, 0.2) is 71.3 Å². The zero-order valence-electron chi connectivity index (χ0n) is 31.3. The molecule has 1 N–H and O–H groups in total. The number of aryl methyl sites for hydroxylation is 1. The maximum absolute atomic E-state index is 12.1. The minimum Gasteiger partial charge on any atom is -0.342 e. The third-order valence-corrected chi connectivity index (χ3v) is 11.5. The van der Waals surface area contributed by atoms with E-state index in [0.717, 1.165) is 84.3 Å². The molecule has 282 valence electrons. The maximum atomic E-state index is 12.1. The molecule has 0 bridgehead atoms. The van der Waals surface area contributed by atoms with Crippen molar-refractivity contribution < 1.29 is 0 Å². The van der Waals surface area contributed by atoms with E-state index in [1.807, 2.05) is 33.7 Å². The number of anilines is 2. The van der Waals surface area contributed by atoms with Gasteiger partial charge in [-0.25, -0.2) is 19.9 Å². The Morgan fingerprint density at radius 3 is 1.69 bits per heavy atom. The Kier molecular flexibility index (Phi) is 9.02. The first-order chi connectivity index (χ1) is 26.9. The zero-order valence-corrected chi connectivity index (χ0v) is 31.3. The molecule has 2 aliphatic carbocycles. The molecule has 2 atom stereocenters. The van der Waals surface area contributed by atoms with Crippen molar-refractivity contribution in [3.8, 4) is 34.2 Å². The second-order valence-electron chi connectivity index (χ2n) is 14.8. The maximum Gasteiger partial charge on any atom is 0.250 e. The molecule has 6 aromatic heterocycles. The third kappa shape index (κ3) is 6.09. The van der Waals surface area contributed by atoms with E-state index >= 15 is 0 Å². The number of fused-ring (bicyclic) bond motifs is 6. The summed E-state index contributed by atoms with van der Waals surface area (Å²) in [5.41, 5.74) is 3.03. The number of rotatable bonds is 6. The molecule has 2 fully saturated rings. The molecule has 6 aromatic rings. The van der Waals surface area contributed by atoms with Crippen molar-refractivity contribution in [3.05, 3.63) is 94.1 Å². The molecule has 2 saturated carbocycles. The van der Waals surface area contributed by atoms with Crippen molar-refractivity contribution in [2.75, 3.05) is 9.80 Å². The first-order valence-corrected chi connectivity index (χ1v) is 19.4. The number of hydrogen-bond acceptors (Lipinski definition) is 12. The first kappa shape index (κ1) is 34.7. The van der Waals surface area contributed by atoms with E-state index < -0.39 is 0 Å². The monoisotopic (exact) mass is 740 g/mol. The van der Waals surface area contributed by atoms with Gasteiger partial charge in [-0.05, 0) is 50.7 Å². The van der Waals surface area contributed by atoms with Gasteiger partial charge in [-0.1, -0.05) is 39.5 Å². The molecule has 0 amide bonds. The highest BCUT2D eigenvalue weighted by atomic mass is 16.1. The standard InChI is InChI=1S/C20H23N7O.C19H21N7O/c1-3-15-20-24-22-12-26(20)16-11-21-18(13-8-9-25(2)17(28)10-13)23-19(16)27(15)14-6-4-5-7-14;1-2-14-19-24-22-11-25(19)15-10-21-17(12-7-8-20-16(27)9-12)23-18(15)26(14)13-5-3-4-6-13/h8-12,14-15H,3-7H2,1-2H3;7-11,13-14H,2-6H2,1H3,(H,20,27)/t15-;14-/m11/s1. The van der Waals surface area contributed by atoms with Crippen LogP contribution in [0.4, 0.5) is 11.6 Å². The van der Waals surface area contributed by atoms with Gasteiger partial charge in [-0.3, -0.25) is 18.7 Å². The van der Waals surface area contributed by atoms with Crippen LogP contribution in [0.3, 0.4) is 0 Å². The number of H-pyrrole nitrogens is 1. The summed E-state index contributed by atoms with van der Waals surface area (Å²) in [4.78, 5) is 50.2. The van der Waals surface area contributed by atoms with Crippen LogP contribution >= 0.6 is 0 Å². The second kappa shape index (κ2) is 14.3. The SMILES string of the molecule is CC[C@@H]1c2nncn2-c2cnc(-c3cc[nH]c(=O)c3)nc2N1C1CCCC1.CC[C@@H]1c2nncn2-c2cnc(-c3ccn(C)c(=O)c3)nc2N1C1CCCC1.